The second-order valence-corrected chi connectivity index (χ2v) is 7.45. The van der Waals surface area contributed by atoms with Gasteiger partial charge in [0.1, 0.15) is 5.82 Å². The summed E-state index contributed by atoms with van der Waals surface area (Å²) in [4.78, 5) is 13.1. The van der Waals surface area contributed by atoms with Gasteiger partial charge >= 0.3 is 0 Å². The van der Waals surface area contributed by atoms with Gasteiger partial charge in [0.15, 0.2) is 0 Å². The average molecular weight is 371 g/mol. The number of rotatable bonds is 4. The number of halogens is 2. The molecule has 0 atom stereocenters. The van der Waals surface area contributed by atoms with E-state index in [0.29, 0.717) is 32.6 Å². The largest absolute Gasteiger partial charge is 0.381 e. The molecule has 25 heavy (non-hydrogen) atoms. The first kappa shape index (κ1) is 20.1. The number of benzene rings is 1. The summed E-state index contributed by atoms with van der Waals surface area (Å²) in [6, 6.07) is 6.46. The second kappa shape index (κ2) is 8.47. The van der Waals surface area contributed by atoms with Crippen LogP contribution in [-0.4, -0.2) is 38.8 Å². The Balaban J connectivity index is 0.00000225. The van der Waals surface area contributed by atoms with Crippen LogP contribution < -0.4 is 10.6 Å². The molecule has 0 aliphatic carbocycles. The number of hydrogen-bond donors (Lipinski definition) is 2. The highest BCUT2D eigenvalue weighted by Crippen LogP contribution is 2.36. The van der Waals surface area contributed by atoms with Crippen LogP contribution in [0.4, 0.5) is 4.39 Å². The van der Waals surface area contributed by atoms with Crippen LogP contribution in [0.2, 0.25) is 0 Å². The molecule has 0 bridgehead atoms. The van der Waals surface area contributed by atoms with E-state index >= 15 is 0 Å². The molecule has 3 rings (SSSR count). The smallest absolute Gasteiger partial charge is 0.230 e. The molecule has 2 N–H and O–H groups in total. The van der Waals surface area contributed by atoms with Crippen LogP contribution in [0.15, 0.2) is 24.3 Å². The number of carbonyl (C=O) groups excluding carboxylic acids is 1. The number of hydrogen-bond acceptors (Lipinski definition) is 3. The van der Waals surface area contributed by atoms with Crippen LogP contribution in [0.3, 0.4) is 0 Å². The van der Waals surface area contributed by atoms with Gasteiger partial charge in [0.2, 0.25) is 5.91 Å². The molecule has 2 fully saturated rings. The molecule has 0 aromatic heterocycles. The van der Waals surface area contributed by atoms with Crippen LogP contribution in [0.25, 0.3) is 0 Å². The summed E-state index contributed by atoms with van der Waals surface area (Å²) in [5, 5.41) is 6.54. The SMILES string of the molecule is CC1(CNC(=O)C2(c3cccc(F)c3)CCOCC2)CCNCC1.Cl. The van der Waals surface area contributed by atoms with Gasteiger partial charge in [0.05, 0.1) is 5.41 Å². The lowest BCUT2D eigenvalue weighted by molar-refractivity contribution is -0.131. The summed E-state index contributed by atoms with van der Waals surface area (Å²) in [5.74, 6) is -0.285. The Morgan fingerprint density at radius 1 is 1.24 bits per heavy atom. The third kappa shape index (κ3) is 4.52. The van der Waals surface area contributed by atoms with Crippen molar-refractivity contribution in [3.05, 3.63) is 35.6 Å². The molecule has 0 spiro atoms. The molecule has 6 heteroatoms. The minimum Gasteiger partial charge on any atom is -0.381 e. The molecule has 2 aliphatic rings. The van der Waals surface area contributed by atoms with E-state index in [-0.39, 0.29) is 29.5 Å². The van der Waals surface area contributed by atoms with E-state index in [1.54, 1.807) is 6.07 Å². The molecule has 0 saturated carbocycles. The standard InChI is InChI=1S/C19H27FN2O2.ClH/c1-18(5-9-21-10-6-18)14-22-17(23)19(7-11-24-12-8-19)15-3-2-4-16(20)13-15;/h2-4,13,21H,5-12,14H2,1H3,(H,22,23);1H. The van der Waals surface area contributed by atoms with E-state index in [1.165, 1.54) is 12.1 Å². The molecule has 1 aromatic rings. The molecule has 2 aliphatic heterocycles. The van der Waals surface area contributed by atoms with Crippen molar-refractivity contribution >= 4 is 18.3 Å². The van der Waals surface area contributed by atoms with E-state index < -0.39 is 5.41 Å². The van der Waals surface area contributed by atoms with Gasteiger partial charge in [0, 0.05) is 19.8 Å². The first-order chi connectivity index (χ1) is 11.5. The maximum Gasteiger partial charge on any atom is 0.230 e. The molecule has 140 valence electrons. The van der Waals surface area contributed by atoms with E-state index in [4.69, 9.17) is 4.74 Å². The number of piperidine rings is 1. The van der Waals surface area contributed by atoms with Crippen molar-refractivity contribution in [1.82, 2.24) is 10.6 Å². The predicted octanol–water partition coefficient (Wildman–Crippen LogP) is 2.80. The fourth-order valence-corrected chi connectivity index (χ4v) is 3.82. The Morgan fingerprint density at radius 3 is 2.56 bits per heavy atom. The zero-order valence-corrected chi connectivity index (χ0v) is 15.6. The molecule has 0 radical (unpaired) electrons. The maximum atomic E-state index is 13.7. The third-order valence-electron chi connectivity index (χ3n) is 5.64. The third-order valence-corrected chi connectivity index (χ3v) is 5.64. The van der Waals surface area contributed by atoms with Gasteiger partial charge in [-0.3, -0.25) is 4.79 Å². The lowest BCUT2D eigenvalue weighted by atomic mass is 9.73. The molecule has 1 aromatic carbocycles. The van der Waals surface area contributed by atoms with Gasteiger partial charge in [-0.05, 0) is 61.9 Å². The first-order valence-electron chi connectivity index (χ1n) is 8.87. The van der Waals surface area contributed by atoms with Crippen LogP contribution in [-0.2, 0) is 14.9 Å². The first-order valence-corrected chi connectivity index (χ1v) is 8.87. The summed E-state index contributed by atoms with van der Waals surface area (Å²) >= 11 is 0. The topological polar surface area (TPSA) is 50.4 Å². The molecule has 4 nitrogen and oxygen atoms in total. The minimum atomic E-state index is -0.677. The van der Waals surface area contributed by atoms with Gasteiger partial charge in [-0.15, -0.1) is 12.4 Å². The van der Waals surface area contributed by atoms with Crippen LogP contribution in [0.5, 0.6) is 0 Å². The Labute approximate surface area is 155 Å². The van der Waals surface area contributed by atoms with Gasteiger partial charge in [0.25, 0.3) is 0 Å². The van der Waals surface area contributed by atoms with Crippen molar-refractivity contribution in [2.45, 2.75) is 38.0 Å². The summed E-state index contributed by atoms with van der Waals surface area (Å²) in [5.41, 5.74) is 0.220. The van der Waals surface area contributed by atoms with Gasteiger partial charge < -0.3 is 15.4 Å². The van der Waals surface area contributed by atoms with Crippen molar-refractivity contribution < 1.29 is 13.9 Å². The monoisotopic (exact) mass is 370 g/mol. The summed E-state index contributed by atoms with van der Waals surface area (Å²) in [7, 11) is 0. The van der Waals surface area contributed by atoms with E-state index in [9.17, 15) is 9.18 Å². The molecular formula is C19H28ClFN2O2. The summed E-state index contributed by atoms with van der Waals surface area (Å²) < 4.78 is 19.2. The summed E-state index contributed by atoms with van der Waals surface area (Å²) in [6.45, 7) is 5.96. The normalized spacial score (nSPS) is 21.8. The Morgan fingerprint density at radius 2 is 1.92 bits per heavy atom. The van der Waals surface area contributed by atoms with Crippen LogP contribution in [0.1, 0.15) is 38.2 Å². The van der Waals surface area contributed by atoms with Gasteiger partial charge in [-0.1, -0.05) is 19.1 Å². The van der Waals surface area contributed by atoms with Crippen molar-refractivity contribution in [2.24, 2.45) is 5.41 Å². The molecule has 1 amide bonds. The maximum absolute atomic E-state index is 13.7. The van der Waals surface area contributed by atoms with Gasteiger partial charge in [-0.25, -0.2) is 4.39 Å². The Bertz CT molecular complexity index is 585. The zero-order chi connectivity index (χ0) is 17.0. The van der Waals surface area contributed by atoms with Gasteiger partial charge in [-0.2, -0.15) is 0 Å². The Hall–Kier alpha value is -1.17. The van der Waals surface area contributed by atoms with E-state index in [2.05, 4.69) is 17.6 Å². The van der Waals surface area contributed by atoms with E-state index in [1.807, 2.05) is 6.07 Å². The average Bonchev–Trinajstić information content (AvgIpc) is 2.61. The lowest BCUT2D eigenvalue weighted by Gasteiger charge is -2.39. The van der Waals surface area contributed by atoms with Crippen LogP contribution >= 0.6 is 12.4 Å². The predicted molar refractivity (Wildman–Crippen MR) is 98.6 cm³/mol. The molecule has 2 saturated heterocycles. The number of ether oxygens (including phenoxy) is 1. The van der Waals surface area contributed by atoms with Crippen molar-refractivity contribution in [1.29, 1.82) is 0 Å². The summed E-state index contributed by atoms with van der Waals surface area (Å²) in [6.07, 6.45) is 3.31. The quantitative estimate of drug-likeness (QED) is 0.856. The fraction of sp³-hybridized carbons (Fsp3) is 0.632. The van der Waals surface area contributed by atoms with E-state index in [0.717, 1.165) is 31.5 Å². The second-order valence-electron chi connectivity index (χ2n) is 7.45. The van der Waals surface area contributed by atoms with Crippen molar-refractivity contribution in [3.63, 3.8) is 0 Å². The number of amides is 1. The Kier molecular flexibility index (Phi) is 6.83. The molecule has 0 unspecified atom stereocenters. The lowest BCUT2D eigenvalue weighted by Crippen LogP contribution is -2.51. The highest BCUT2D eigenvalue weighted by Gasteiger charge is 2.42. The van der Waals surface area contributed by atoms with Crippen molar-refractivity contribution in [3.8, 4) is 0 Å². The minimum absolute atomic E-state index is 0. The molecule has 2 heterocycles. The molecular weight excluding hydrogens is 343 g/mol. The highest BCUT2D eigenvalue weighted by atomic mass is 35.5. The van der Waals surface area contributed by atoms with Crippen LogP contribution in [0, 0.1) is 11.2 Å². The zero-order valence-electron chi connectivity index (χ0n) is 14.8. The highest BCUT2D eigenvalue weighted by molar-refractivity contribution is 5.88. The number of nitrogens with one attached hydrogen (secondary N) is 2. The number of carbonyl (C=O) groups is 1. The van der Waals surface area contributed by atoms with Crippen molar-refractivity contribution in [2.75, 3.05) is 32.8 Å². The fourth-order valence-electron chi connectivity index (χ4n) is 3.82.